The molecule has 4 nitrogen and oxygen atoms in total. The number of rotatable bonds is 1. The van der Waals surface area contributed by atoms with Gasteiger partial charge in [-0.15, -0.1) is 0 Å². The van der Waals surface area contributed by atoms with E-state index < -0.39 is 0 Å². The van der Waals surface area contributed by atoms with Crippen LogP contribution in [0.5, 0.6) is 0 Å². The Labute approximate surface area is 109 Å². The fourth-order valence-corrected chi connectivity index (χ4v) is 2.10. The van der Waals surface area contributed by atoms with Crippen molar-refractivity contribution < 1.29 is 4.42 Å². The number of hydrogen-bond acceptors (Lipinski definition) is 4. The van der Waals surface area contributed by atoms with Gasteiger partial charge in [-0.25, -0.2) is 15.0 Å². The van der Waals surface area contributed by atoms with E-state index >= 15 is 0 Å². The zero-order chi connectivity index (χ0) is 12.7. The molecule has 0 saturated heterocycles. The molecular weight excluding hydrogens is 250 g/mol. The lowest BCUT2D eigenvalue weighted by atomic mass is 10.1. The number of fused-ring (bicyclic) bond motifs is 1. The molecule has 2 heterocycles. The predicted molar refractivity (Wildman–Crippen MR) is 69.5 cm³/mol. The van der Waals surface area contributed by atoms with Crippen molar-refractivity contribution in [2.75, 3.05) is 0 Å². The number of oxazole rings is 1. The third kappa shape index (κ3) is 1.95. The van der Waals surface area contributed by atoms with Crippen molar-refractivity contribution in [3.8, 4) is 11.3 Å². The third-order valence-electron chi connectivity index (χ3n) is 2.62. The normalized spacial score (nSPS) is 11.1. The van der Waals surface area contributed by atoms with Gasteiger partial charge in [0.05, 0.1) is 5.69 Å². The van der Waals surface area contributed by atoms with E-state index in [1.807, 2.05) is 38.1 Å². The summed E-state index contributed by atoms with van der Waals surface area (Å²) >= 11 is 5.86. The Morgan fingerprint density at radius 3 is 2.67 bits per heavy atom. The largest absolute Gasteiger partial charge is 0.441 e. The van der Waals surface area contributed by atoms with Crippen LogP contribution in [0.4, 0.5) is 0 Å². The van der Waals surface area contributed by atoms with Crippen LogP contribution in [0, 0.1) is 13.8 Å². The summed E-state index contributed by atoms with van der Waals surface area (Å²) < 4.78 is 5.50. The lowest BCUT2D eigenvalue weighted by Crippen LogP contribution is -1.90. The number of halogens is 1. The molecule has 0 aliphatic heterocycles. The minimum Gasteiger partial charge on any atom is -0.441 e. The first-order valence-electron chi connectivity index (χ1n) is 5.50. The number of benzene rings is 1. The Bertz CT molecular complexity index is 716. The van der Waals surface area contributed by atoms with Crippen molar-refractivity contribution in [2.45, 2.75) is 13.8 Å². The van der Waals surface area contributed by atoms with Crippen LogP contribution in [0.15, 0.2) is 28.7 Å². The summed E-state index contributed by atoms with van der Waals surface area (Å²) in [5.41, 5.74) is 4.14. The predicted octanol–water partition coefficient (Wildman–Crippen LogP) is 3.56. The van der Waals surface area contributed by atoms with Crippen LogP contribution in [0.3, 0.4) is 0 Å². The lowest BCUT2D eigenvalue weighted by molar-refractivity contribution is 0.561. The van der Waals surface area contributed by atoms with Gasteiger partial charge < -0.3 is 4.42 Å². The Hall–Kier alpha value is -1.94. The molecule has 18 heavy (non-hydrogen) atoms. The van der Waals surface area contributed by atoms with Gasteiger partial charge in [-0.3, -0.25) is 0 Å². The third-order valence-corrected chi connectivity index (χ3v) is 2.79. The molecule has 0 unspecified atom stereocenters. The summed E-state index contributed by atoms with van der Waals surface area (Å²) in [5, 5.41) is 0.249. The van der Waals surface area contributed by atoms with E-state index in [-0.39, 0.29) is 5.28 Å². The SMILES string of the molecule is Cc1cc(-c2ccc3nc(C)oc3c2)nc(Cl)n1. The molecule has 0 N–H and O–H groups in total. The van der Waals surface area contributed by atoms with Crippen molar-refractivity contribution in [2.24, 2.45) is 0 Å². The van der Waals surface area contributed by atoms with Crippen LogP contribution in [0.25, 0.3) is 22.4 Å². The second-order valence-electron chi connectivity index (χ2n) is 4.08. The maximum Gasteiger partial charge on any atom is 0.223 e. The second-order valence-corrected chi connectivity index (χ2v) is 4.42. The molecule has 0 fully saturated rings. The molecular formula is C13H10ClN3O. The van der Waals surface area contributed by atoms with Crippen LogP contribution in [-0.4, -0.2) is 15.0 Å². The van der Waals surface area contributed by atoms with Crippen molar-refractivity contribution in [1.29, 1.82) is 0 Å². The van der Waals surface area contributed by atoms with Crippen molar-refractivity contribution in [3.63, 3.8) is 0 Å². The molecule has 0 bridgehead atoms. The van der Waals surface area contributed by atoms with E-state index in [2.05, 4.69) is 15.0 Å². The topological polar surface area (TPSA) is 51.8 Å². The molecule has 0 saturated carbocycles. The average Bonchev–Trinajstić information content (AvgIpc) is 2.66. The van der Waals surface area contributed by atoms with Crippen molar-refractivity contribution in [1.82, 2.24) is 15.0 Å². The number of nitrogens with zero attached hydrogens (tertiary/aromatic N) is 3. The van der Waals surface area contributed by atoms with Gasteiger partial charge in [-0.05, 0) is 36.7 Å². The fourth-order valence-electron chi connectivity index (χ4n) is 1.88. The number of aromatic nitrogens is 3. The summed E-state index contributed by atoms with van der Waals surface area (Å²) in [4.78, 5) is 12.5. The highest BCUT2D eigenvalue weighted by Crippen LogP contribution is 2.24. The van der Waals surface area contributed by atoms with Gasteiger partial charge in [0.1, 0.15) is 5.52 Å². The smallest absolute Gasteiger partial charge is 0.223 e. The van der Waals surface area contributed by atoms with Gasteiger partial charge in [-0.2, -0.15) is 0 Å². The molecule has 0 spiro atoms. The maximum atomic E-state index is 5.86. The molecule has 0 atom stereocenters. The first-order valence-corrected chi connectivity index (χ1v) is 5.88. The van der Waals surface area contributed by atoms with E-state index in [1.54, 1.807) is 0 Å². The van der Waals surface area contributed by atoms with Gasteiger partial charge in [0.2, 0.25) is 5.28 Å². The van der Waals surface area contributed by atoms with Crippen LogP contribution < -0.4 is 0 Å². The summed E-state index contributed by atoms with van der Waals surface area (Å²) in [6.07, 6.45) is 0. The second kappa shape index (κ2) is 4.07. The first-order chi connectivity index (χ1) is 8.61. The van der Waals surface area contributed by atoms with Crippen LogP contribution in [0.2, 0.25) is 5.28 Å². The highest BCUT2D eigenvalue weighted by atomic mass is 35.5. The molecule has 3 aromatic rings. The highest BCUT2D eigenvalue weighted by Gasteiger charge is 2.07. The molecule has 5 heteroatoms. The molecule has 3 rings (SSSR count). The van der Waals surface area contributed by atoms with Crippen molar-refractivity contribution >= 4 is 22.7 Å². The molecule has 0 amide bonds. The van der Waals surface area contributed by atoms with Crippen LogP contribution in [-0.2, 0) is 0 Å². The van der Waals surface area contributed by atoms with Crippen LogP contribution >= 0.6 is 11.6 Å². The summed E-state index contributed by atoms with van der Waals surface area (Å²) in [7, 11) is 0. The van der Waals surface area contributed by atoms with E-state index in [4.69, 9.17) is 16.0 Å². The zero-order valence-corrected chi connectivity index (χ0v) is 10.7. The molecule has 90 valence electrons. The average molecular weight is 260 g/mol. The van der Waals surface area contributed by atoms with Crippen LogP contribution in [0.1, 0.15) is 11.6 Å². The summed E-state index contributed by atoms with van der Waals surface area (Å²) in [6.45, 7) is 3.71. The molecule has 0 aliphatic carbocycles. The molecule has 2 aromatic heterocycles. The van der Waals surface area contributed by atoms with Gasteiger partial charge in [0, 0.05) is 18.2 Å². The minimum absolute atomic E-state index is 0.249. The standard InChI is InChI=1S/C13H10ClN3O/c1-7-5-11(17-13(14)15-7)9-3-4-10-12(6-9)18-8(2)16-10/h3-6H,1-2H3. The Morgan fingerprint density at radius 2 is 1.89 bits per heavy atom. The van der Waals surface area contributed by atoms with Gasteiger partial charge in [0.15, 0.2) is 11.5 Å². The number of hydrogen-bond donors (Lipinski definition) is 0. The Balaban J connectivity index is 2.18. The molecule has 0 aliphatic rings. The number of aryl methyl sites for hydroxylation is 2. The quantitative estimate of drug-likeness (QED) is 0.627. The van der Waals surface area contributed by atoms with Crippen molar-refractivity contribution in [3.05, 3.63) is 41.1 Å². The minimum atomic E-state index is 0.249. The molecule has 0 radical (unpaired) electrons. The summed E-state index contributed by atoms with van der Waals surface area (Å²) in [6, 6.07) is 7.65. The summed E-state index contributed by atoms with van der Waals surface area (Å²) in [5.74, 6) is 0.652. The Kier molecular flexibility index (Phi) is 2.52. The monoisotopic (exact) mass is 259 g/mol. The first kappa shape index (κ1) is 11.2. The van der Waals surface area contributed by atoms with Gasteiger partial charge in [-0.1, -0.05) is 6.07 Å². The van der Waals surface area contributed by atoms with Gasteiger partial charge >= 0.3 is 0 Å². The zero-order valence-electron chi connectivity index (χ0n) is 9.94. The molecule has 1 aromatic carbocycles. The fraction of sp³-hybridized carbons (Fsp3) is 0.154. The van der Waals surface area contributed by atoms with E-state index in [0.717, 1.165) is 28.1 Å². The maximum absolute atomic E-state index is 5.86. The Morgan fingerprint density at radius 1 is 1.06 bits per heavy atom. The van der Waals surface area contributed by atoms with E-state index in [0.29, 0.717) is 5.89 Å². The lowest BCUT2D eigenvalue weighted by Gasteiger charge is -2.02. The van der Waals surface area contributed by atoms with Gasteiger partial charge in [0.25, 0.3) is 0 Å². The van der Waals surface area contributed by atoms with E-state index in [9.17, 15) is 0 Å². The highest BCUT2D eigenvalue weighted by molar-refractivity contribution is 6.28. The van der Waals surface area contributed by atoms with E-state index in [1.165, 1.54) is 0 Å².